The van der Waals surface area contributed by atoms with Crippen molar-refractivity contribution in [3.05, 3.63) is 66.7 Å². The topological polar surface area (TPSA) is 97.6 Å². The van der Waals surface area contributed by atoms with E-state index in [1.165, 1.54) is 49.7 Å². The zero-order chi connectivity index (χ0) is 24.3. The van der Waals surface area contributed by atoms with Crippen molar-refractivity contribution in [3.63, 3.8) is 0 Å². The monoisotopic (exact) mass is 535 g/mol. The highest BCUT2D eigenvalue weighted by atomic mass is 35.5. The number of aryl methyl sites for hydroxylation is 1. The first kappa shape index (κ1) is 26.6. The third kappa shape index (κ3) is 5.81. The summed E-state index contributed by atoms with van der Waals surface area (Å²) in [6, 6.07) is 11.6. The Labute approximate surface area is 214 Å². The van der Waals surface area contributed by atoms with E-state index in [0.29, 0.717) is 30.2 Å². The van der Waals surface area contributed by atoms with Crippen molar-refractivity contribution in [1.82, 2.24) is 18.8 Å². The molecule has 4 rings (SSSR count). The number of halogens is 1. The molecule has 0 fully saturated rings. The minimum absolute atomic E-state index is 0. The maximum absolute atomic E-state index is 13.5. The first-order valence-corrected chi connectivity index (χ1v) is 12.8. The molecule has 0 saturated heterocycles. The maximum atomic E-state index is 13.5. The number of amides is 1. The van der Waals surface area contributed by atoms with Gasteiger partial charge in [0.2, 0.25) is 10.0 Å². The molecule has 0 aliphatic heterocycles. The van der Waals surface area contributed by atoms with Gasteiger partial charge in [0.1, 0.15) is 5.75 Å². The summed E-state index contributed by atoms with van der Waals surface area (Å²) in [6.45, 7) is 1.13. The largest absolute Gasteiger partial charge is 0.497 e. The summed E-state index contributed by atoms with van der Waals surface area (Å²) in [7, 11) is 0.970. The number of benzene rings is 2. The molecule has 0 aliphatic rings. The second-order valence-electron chi connectivity index (χ2n) is 7.75. The molecule has 2 aromatic carbocycles. The van der Waals surface area contributed by atoms with E-state index >= 15 is 0 Å². The Hall–Kier alpha value is -2.99. The van der Waals surface area contributed by atoms with Crippen molar-refractivity contribution in [2.24, 2.45) is 0 Å². The van der Waals surface area contributed by atoms with Gasteiger partial charge in [-0.15, -0.1) is 12.4 Å². The quantitative estimate of drug-likeness (QED) is 0.322. The SMILES string of the molecule is COc1ccc2nc(N(CCCn3ccnc3)C(=O)c3ccc(S(=O)(=O)N(C)C)cc3)sc2c1.Cl. The number of nitrogens with zero attached hydrogens (tertiary/aromatic N) is 5. The first-order valence-electron chi connectivity index (χ1n) is 10.5. The summed E-state index contributed by atoms with van der Waals surface area (Å²) in [4.78, 5) is 24.0. The molecule has 2 heterocycles. The van der Waals surface area contributed by atoms with Crippen LogP contribution < -0.4 is 9.64 Å². The fourth-order valence-electron chi connectivity index (χ4n) is 3.39. The van der Waals surface area contributed by atoms with Crippen molar-refractivity contribution in [2.75, 3.05) is 32.6 Å². The van der Waals surface area contributed by atoms with E-state index in [-0.39, 0.29) is 23.2 Å². The Morgan fingerprint density at radius 1 is 1.14 bits per heavy atom. The smallest absolute Gasteiger partial charge is 0.260 e. The van der Waals surface area contributed by atoms with E-state index in [9.17, 15) is 13.2 Å². The molecular formula is C23H26ClN5O4S2. The van der Waals surface area contributed by atoms with Gasteiger partial charge >= 0.3 is 0 Å². The minimum atomic E-state index is -3.58. The number of carbonyl (C=O) groups excluding carboxylic acids is 1. The van der Waals surface area contributed by atoms with Crippen LogP contribution in [0.25, 0.3) is 10.2 Å². The number of thiazole rings is 1. The number of sulfonamides is 1. The average Bonchev–Trinajstić information content (AvgIpc) is 3.50. The second-order valence-corrected chi connectivity index (χ2v) is 10.9. The van der Waals surface area contributed by atoms with Gasteiger partial charge in [-0.25, -0.2) is 22.7 Å². The van der Waals surface area contributed by atoms with E-state index in [0.717, 1.165) is 20.3 Å². The molecule has 0 saturated carbocycles. The van der Waals surface area contributed by atoms with Crippen molar-refractivity contribution in [2.45, 2.75) is 17.9 Å². The van der Waals surface area contributed by atoms with Gasteiger partial charge in [0.05, 0.1) is 28.5 Å². The lowest BCUT2D eigenvalue weighted by atomic mass is 10.2. The number of hydrogen-bond acceptors (Lipinski definition) is 7. The molecular weight excluding hydrogens is 510 g/mol. The lowest BCUT2D eigenvalue weighted by molar-refractivity contribution is 0.0986. The third-order valence-corrected chi connectivity index (χ3v) is 8.17. The van der Waals surface area contributed by atoms with Crippen LogP contribution in [-0.2, 0) is 16.6 Å². The molecule has 4 aromatic rings. The highest BCUT2D eigenvalue weighted by molar-refractivity contribution is 7.89. The van der Waals surface area contributed by atoms with Gasteiger partial charge < -0.3 is 9.30 Å². The first-order chi connectivity index (χ1) is 16.3. The summed E-state index contributed by atoms with van der Waals surface area (Å²) in [6.07, 6.45) is 6.02. The fraction of sp³-hybridized carbons (Fsp3) is 0.261. The zero-order valence-electron chi connectivity index (χ0n) is 19.5. The molecule has 186 valence electrons. The van der Waals surface area contributed by atoms with Crippen LogP contribution in [0.15, 0.2) is 66.1 Å². The van der Waals surface area contributed by atoms with Gasteiger partial charge in [0, 0.05) is 45.1 Å². The predicted octanol–water partition coefficient (Wildman–Crippen LogP) is 3.91. The Kier molecular flexibility index (Phi) is 8.49. The van der Waals surface area contributed by atoms with Crippen molar-refractivity contribution in [1.29, 1.82) is 0 Å². The van der Waals surface area contributed by atoms with Gasteiger partial charge in [0.15, 0.2) is 5.13 Å². The van der Waals surface area contributed by atoms with Gasteiger partial charge in [-0.3, -0.25) is 9.69 Å². The number of aromatic nitrogens is 3. The number of fused-ring (bicyclic) bond motifs is 1. The van der Waals surface area contributed by atoms with E-state index < -0.39 is 10.0 Å². The van der Waals surface area contributed by atoms with Gasteiger partial charge in [-0.1, -0.05) is 11.3 Å². The van der Waals surface area contributed by atoms with Crippen LogP contribution >= 0.6 is 23.7 Å². The van der Waals surface area contributed by atoms with Crippen molar-refractivity contribution in [3.8, 4) is 5.75 Å². The molecule has 0 radical (unpaired) electrons. The van der Waals surface area contributed by atoms with E-state index in [1.807, 2.05) is 29.0 Å². The number of rotatable bonds is 9. The molecule has 9 nitrogen and oxygen atoms in total. The Morgan fingerprint density at radius 3 is 2.51 bits per heavy atom. The lowest BCUT2D eigenvalue weighted by Crippen LogP contribution is -2.32. The lowest BCUT2D eigenvalue weighted by Gasteiger charge is -2.20. The molecule has 2 aromatic heterocycles. The van der Waals surface area contributed by atoms with E-state index in [2.05, 4.69) is 9.97 Å². The molecule has 0 atom stereocenters. The third-order valence-electron chi connectivity index (χ3n) is 5.30. The van der Waals surface area contributed by atoms with Gasteiger partial charge in [0.25, 0.3) is 5.91 Å². The second kappa shape index (κ2) is 11.2. The van der Waals surface area contributed by atoms with Crippen LogP contribution in [0.2, 0.25) is 0 Å². The average molecular weight is 536 g/mol. The molecule has 0 N–H and O–H groups in total. The maximum Gasteiger partial charge on any atom is 0.260 e. The number of methoxy groups -OCH3 is 1. The molecule has 12 heteroatoms. The van der Waals surface area contributed by atoms with Crippen LogP contribution in [0.1, 0.15) is 16.8 Å². The summed E-state index contributed by atoms with van der Waals surface area (Å²) in [5, 5.41) is 0.573. The van der Waals surface area contributed by atoms with Crippen molar-refractivity contribution < 1.29 is 17.9 Å². The van der Waals surface area contributed by atoms with E-state index in [4.69, 9.17) is 4.74 Å². The standard InChI is InChI=1S/C23H25N5O4S2.ClH/c1-26(2)34(30,31)19-8-5-17(6-9-19)22(29)28(13-4-12-27-14-11-24-16-27)23-25-20-10-7-18(32-3)15-21(20)33-23;/h5-11,14-16H,4,12-13H2,1-3H3;1H. The Balaban J connectivity index is 0.00000342. The fourth-order valence-corrected chi connectivity index (χ4v) is 5.31. The van der Waals surface area contributed by atoms with E-state index in [1.54, 1.807) is 24.5 Å². The molecule has 35 heavy (non-hydrogen) atoms. The number of carbonyl (C=O) groups is 1. The Bertz CT molecular complexity index is 1390. The van der Waals surface area contributed by atoms with Crippen LogP contribution in [0.4, 0.5) is 5.13 Å². The summed E-state index contributed by atoms with van der Waals surface area (Å²) in [5.41, 5.74) is 1.16. The van der Waals surface area contributed by atoms with Crippen LogP contribution in [0, 0.1) is 0 Å². The summed E-state index contributed by atoms with van der Waals surface area (Å²) < 4.78 is 34.1. The van der Waals surface area contributed by atoms with Crippen LogP contribution in [0.5, 0.6) is 5.75 Å². The number of hydrogen-bond donors (Lipinski definition) is 0. The zero-order valence-corrected chi connectivity index (χ0v) is 21.9. The number of imidazole rings is 1. The minimum Gasteiger partial charge on any atom is -0.497 e. The van der Waals surface area contributed by atoms with Gasteiger partial charge in [-0.05, 0) is 48.9 Å². The predicted molar refractivity (Wildman–Crippen MR) is 139 cm³/mol. The molecule has 0 bridgehead atoms. The van der Waals surface area contributed by atoms with Crippen LogP contribution in [-0.4, -0.2) is 60.9 Å². The van der Waals surface area contributed by atoms with Gasteiger partial charge in [-0.2, -0.15) is 0 Å². The number of ether oxygens (including phenoxy) is 1. The summed E-state index contributed by atoms with van der Waals surface area (Å²) in [5.74, 6) is 0.476. The molecule has 1 amide bonds. The molecule has 0 spiro atoms. The van der Waals surface area contributed by atoms with Crippen molar-refractivity contribution >= 4 is 55.0 Å². The summed E-state index contributed by atoms with van der Waals surface area (Å²) >= 11 is 1.41. The van der Waals surface area contributed by atoms with Crippen LogP contribution in [0.3, 0.4) is 0 Å². The highest BCUT2D eigenvalue weighted by Crippen LogP contribution is 2.32. The molecule has 0 aliphatic carbocycles. The highest BCUT2D eigenvalue weighted by Gasteiger charge is 2.23. The molecule has 0 unspecified atom stereocenters. The normalized spacial score (nSPS) is 11.4. The Morgan fingerprint density at radius 2 is 1.89 bits per heavy atom. The number of anilines is 1.